The zero-order chi connectivity index (χ0) is 22.5. The SMILES string of the molecule is CCCCOc1ccc(Cc2nn3c(=O)/c(=C/c4ccc(OC)cc4)sc3nc2=O)cc1. The van der Waals surface area contributed by atoms with E-state index in [2.05, 4.69) is 17.0 Å². The van der Waals surface area contributed by atoms with Gasteiger partial charge in [-0.1, -0.05) is 48.9 Å². The summed E-state index contributed by atoms with van der Waals surface area (Å²) in [5.74, 6) is 1.53. The van der Waals surface area contributed by atoms with E-state index in [-0.39, 0.29) is 22.6 Å². The van der Waals surface area contributed by atoms with Gasteiger partial charge in [0.15, 0.2) is 0 Å². The first-order valence-corrected chi connectivity index (χ1v) is 11.2. The van der Waals surface area contributed by atoms with Crippen molar-refractivity contribution in [1.29, 1.82) is 0 Å². The van der Waals surface area contributed by atoms with E-state index >= 15 is 0 Å². The maximum atomic E-state index is 12.8. The maximum absolute atomic E-state index is 12.8. The molecule has 0 aliphatic carbocycles. The molecule has 0 amide bonds. The molecule has 32 heavy (non-hydrogen) atoms. The summed E-state index contributed by atoms with van der Waals surface area (Å²) in [5.41, 5.74) is 1.25. The molecule has 164 valence electrons. The molecule has 0 bridgehead atoms. The smallest absolute Gasteiger partial charge is 0.296 e. The van der Waals surface area contributed by atoms with Gasteiger partial charge in [0, 0.05) is 6.42 Å². The van der Waals surface area contributed by atoms with Crippen molar-refractivity contribution in [3.8, 4) is 11.5 Å². The van der Waals surface area contributed by atoms with Crippen LogP contribution in [0.15, 0.2) is 58.1 Å². The molecular formula is C24H23N3O4S. The fourth-order valence-electron chi connectivity index (χ4n) is 3.13. The average Bonchev–Trinajstić information content (AvgIpc) is 3.10. The predicted octanol–water partition coefficient (Wildman–Crippen LogP) is 2.84. The normalized spacial score (nSPS) is 11.8. The first-order chi connectivity index (χ1) is 15.6. The van der Waals surface area contributed by atoms with E-state index in [0.29, 0.717) is 11.1 Å². The molecule has 0 spiro atoms. The molecule has 7 nitrogen and oxygen atoms in total. The largest absolute Gasteiger partial charge is 0.497 e. The Labute approximate surface area is 188 Å². The van der Waals surface area contributed by atoms with Crippen LogP contribution in [-0.2, 0) is 6.42 Å². The van der Waals surface area contributed by atoms with Crippen molar-refractivity contribution < 1.29 is 9.47 Å². The molecule has 0 unspecified atom stereocenters. The van der Waals surface area contributed by atoms with Crippen LogP contribution in [0.2, 0.25) is 0 Å². The van der Waals surface area contributed by atoms with Crippen molar-refractivity contribution in [1.82, 2.24) is 14.6 Å². The third-order valence-electron chi connectivity index (χ3n) is 4.93. The van der Waals surface area contributed by atoms with Crippen LogP contribution in [-0.4, -0.2) is 28.3 Å². The van der Waals surface area contributed by atoms with Gasteiger partial charge in [0.05, 0.1) is 18.2 Å². The molecule has 0 saturated heterocycles. The van der Waals surface area contributed by atoms with Crippen molar-refractivity contribution in [2.45, 2.75) is 26.2 Å². The van der Waals surface area contributed by atoms with E-state index in [1.54, 1.807) is 13.2 Å². The van der Waals surface area contributed by atoms with Gasteiger partial charge in [0.2, 0.25) is 4.96 Å². The summed E-state index contributed by atoms with van der Waals surface area (Å²) in [7, 11) is 1.60. The molecule has 0 N–H and O–H groups in total. The number of ether oxygens (including phenoxy) is 2. The Morgan fingerprint density at radius 1 is 1.03 bits per heavy atom. The molecule has 2 heterocycles. The Morgan fingerprint density at radius 2 is 1.75 bits per heavy atom. The topological polar surface area (TPSA) is 82.8 Å². The van der Waals surface area contributed by atoms with E-state index in [4.69, 9.17) is 9.47 Å². The Hall–Kier alpha value is -3.52. The second kappa shape index (κ2) is 9.74. The fraction of sp³-hybridized carbons (Fsp3) is 0.250. The highest BCUT2D eigenvalue weighted by molar-refractivity contribution is 7.15. The Balaban J connectivity index is 1.60. The summed E-state index contributed by atoms with van der Waals surface area (Å²) in [5, 5.41) is 4.31. The first-order valence-electron chi connectivity index (χ1n) is 10.4. The minimum Gasteiger partial charge on any atom is -0.497 e. The van der Waals surface area contributed by atoms with Crippen molar-refractivity contribution in [3.63, 3.8) is 0 Å². The molecule has 0 atom stereocenters. The van der Waals surface area contributed by atoms with Crippen LogP contribution in [0.4, 0.5) is 0 Å². The minimum atomic E-state index is -0.425. The lowest BCUT2D eigenvalue weighted by molar-refractivity contribution is 0.309. The fourth-order valence-corrected chi connectivity index (χ4v) is 4.04. The molecule has 0 radical (unpaired) electrons. The van der Waals surface area contributed by atoms with E-state index in [0.717, 1.165) is 46.8 Å². The second-order valence-corrected chi connectivity index (χ2v) is 8.28. The van der Waals surface area contributed by atoms with E-state index < -0.39 is 5.56 Å². The van der Waals surface area contributed by atoms with Crippen molar-refractivity contribution in [2.75, 3.05) is 13.7 Å². The number of hydrogen-bond donors (Lipinski definition) is 0. The molecule has 4 rings (SSSR count). The molecule has 0 aliphatic heterocycles. The molecule has 2 aromatic heterocycles. The Kier molecular flexibility index (Phi) is 6.61. The van der Waals surface area contributed by atoms with Gasteiger partial charge in [-0.2, -0.15) is 14.6 Å². The zero-order valence-electron chi connectivity index (χ0n) is 17.9. The second-order valence-electron chi connectivity index (χ2n) is 7.27. The minimum absolute atomic E-state index is 0.230. The number of hydrogen-bond acceptors (Lipinski definition) is 7. The lowest BCUT2D eigenvalue weighted by atomic mass is 10.1. The summed E-state index contributed by atoms with van der Waals surface area (Å²) in [6.07, 6.45) is 4.12. The lowest BCUT2D eigenvalue weighted by Gasteiger charge is -2.06. The van der Waals surface area contributed by atoms with Crippen LogP contribution >= 0.6 is 11.3 Å². The number of unbranched alkanes of at least 4 members (excludes halogenated alkanes) is 1. The van der Waals surface area contributed by atoms with Gasteiger partial charge in [-0.15, -0.1) is 0 Å². The monoisotopic (exact) mass is 449 g/mol. The third-order valence-corrected chi connectivity index (χ3v) is 5.88. The molecule has 4 aromatic rings. The number of nitrogens with zero attached hydrogens (tertiary/aromatic N) is 3. The van der Waals surface area contributed by atoms with Crippen LogP contribution in [0, 0.1) is 0 Å². The third kappa shape index (κ3) is 4.86. The van der Waals surface area contributed by atoms with Crippen molar-refractivity contribution >= 4 is 22.4 Å². The lowest BCUT2D eigenvalue weighted by Crippen LogP contribution is -2.28. The van der Waals surface area contributed by atoms with Crippen molar-refractivity contribution in [2.24, 2.45) is 0 Å². The molecule has 0 fully saturated rings. The molecule has 2 aromatic carbocycles. The standard InChI is InChI=1S/C24H23N3O4S/c1-3-4-13-31-19-11-7-16(8-12-19)14-20-22(28)25-24-27(26-20)23(29)21(32-24)15-17-5-9-18(30-2)10-6-17/h5-12,15H,3-4,13-14H2,1-2H3/b21-15-. The highest BCUT2D eigenvalue weighted by Crippen LogP contribution is 2.15. The van der Waals surface area contributed by atoms with Crippen LogP contribution in [0.1, 0.15) is 36.6 Å². The van der Waals surface area contributed by atoms with Gasteiger partial charge in [-0.3, -0.25) is 9.59 Å². The molecule has 8 heteroatoms. The number of benzene rings is 2. The van der Waals surface area contributed by atoms with Gasteiger partial charge >= 0.3 is 0 Å². The number of thiazole rings is 1. The van der Waals surface area contributed by atoms with Crippen molar-refractivity contribution in [3.05, 3.63) is 90.6 Å². The van der Waals surface area contributed by atoms with Crippen LogP contribution < -0.4 is 25.1 Å². The number of fused-ring (bicyclic) bond motifs is 1. The number of aromatic nitrogens is 3. The Morgan fingerprint density at radius 3 is 2.44 bits per heavy atom. The number of methoxy groups -OCH3 is 1. The summed E-state index contributed by atoms with van der Waals surface area (Å²) in [6, 6.07) is 14.9. The maximum Gasteiger partial charge on any atom is 0.296 e. The Bertz CT molecular complexity index is 1380. The average molecular weight is 450 g/mol. The van der Waals surface area contributed by atoms with Gasteiger partial charge in [-0.05, 0) is 47.9 Å². The van der Waals surface area contributed by atoms with Crippen LogP contribution in [0.5, 0.6) is 11.5 Å². The predicted molar refractivity (Wildman–Crippen MR) is 125 cm³/mol. The van der Waals surface area contributed by atoms with Crippen LogP contribution in [0.25, 0.3) is 11.0 Å². The van der Waals surface area contributed by atoms with Gasteiger partial charge in [-0.25, -0.2) is 0 Å². The first kappa shape index (κ1) is 21.7. The highest BCUT2D eigenvalue weighted by Gasteiger charge is 2.12. The van der Waals surface area contributed by atoms with E-state index in [9.17, 15) is 9.59 Å². The van der Waals surface area contributed by atoms with E-state index in [1.807, 2.05) is 48.5 Å². The summed E-state index contributed by atoms with van der Waals surface area (Å²) < 4.78 is 12.5. The molecule has 0 aliphatic rings. The summed E-state index contributed by atoms with van der Waals surface area (Å²) in [4.78, 5) is 29.7. The van der Waals surface area contributed by atoms with Gasteiger partial charge in [0.25, 0.3) is 11.1 Å². The van der Waals surface area contributed by atoms with Crippen LogP contribution in [0.3, 0.4) is 0 Å². The summed E-state index contributed by atoms with van der Waals surface area (Å²) in [6.45, 7) is 2.79. The zero-order valence-corrected chi connectivity index (χ0v) is 18.7. The summed E-state index contributed by atoms with van der Waals surface area (Å²) >= 11 is 1.14. The van der Waals surface area contributed by atoms with E-state index in [1.165, 1.54) is 4.52 Å². The van der Waals surface area contributed by atoms with Gasteiger partial charge in [0.1, 0.15) is 17.2 Å². The number of rotatable bonds is 8. The molecule has 0 saturated carbocycles. The quantitative estimate of drug-likeness (QED) is 0.385. The molecular weight excluding hydrogens is 426 g/mol. The van der Waals surface area contributed by atoms with Gasteiger partial charge < -0.3 is 9.47 Å². The highest BCUT2D eigenvalue weighted by atomic mass is 32.1.